The Kier molecular flexibility index (Phi) is 11.0. The zero-order chi connectivity index (χ0) is 31.7. The monoisotopic (exact) mass is 633 g/mol. The van der Waals surface area contributed by atoms with Crippen molar-refractivity contribution in [3.8, 4) is 5.75 Å². The van der Waals surface area contributed by atoms with Gasteiger partial charge in [0, 0.05) is 30.1 Å². The van der Waals surface area contributed by atoms with Gasteiger partial charge in [-0.3, -0.25) is 13.9 Å². The van der Waals surface area contributed by atoms with E-state index in [0.29, 0.717) is 16.3 Å². The lowest BCUT2D eigenvalue weighted by Gasteiger charge is -2.34. The standard InChI is InChI=1S/C34H36ClN3O5S/c1-25(2)36-34(40)32(21-26-12-6-4-7-13-26)37(23-27-14-10-15-28(35)20-27)33(39)24-38(29-16-11-17-30(22-29)43-3)44(41,42)31-18-8-5-9-19-31/h4-20,22,25,32H,21,23-24H2,1-3H3,(H,36,40)/t32-/m1/s1. The molecule has 230 valence electrons. The third-order valence-electron chi connectivity index (χ3n) is 6.90. The first kappa shape index (κ1) is 32.6. The number of carbonyl (C=O) groups is 2. The number of ether oxygens (including phenoxy) is 1. The maximum absolute atomic E-state index is 14.4. The third-order valence-corrected chi connectivity index (χ3v) is 8.92. The summed E-state index contributed by atoms with van der Waals surface area (Å²) >= 11 is 6.29. The van der Waals surface area contributed by atoms with Crippen LogP contribution >= 0.6 is 11.6 Å². The Morgan fingerprint density at radius 2 is 1.48 bits per heavy atom. The molecule has 8 nitrogen and oxygen atoms in total. The summed E-state index contributed by atoms with van der Waals surface area (Å²) in [6.45, 7) is 3.15. The molecular weight excluding hydrogens is 598 g/mol. The molecule has 0 aliphatic carbocycles. The number of hydrogen-bond donors (Lipinski definition) is 1. The van der Waals surface area contributed by atoms with Gasteiger partial charge in [-0.2, -0.15) is 0 Å². The fourth-order valence-corrected chi connectivity index (χ4v) is 6.42. The van der Waals surface area contributed by atoms with E-state index in [0.717, 1.165) is 9.87 Å². The van der Waals surface area contributed by atoms with Crippen LogP contribution in [0.3, 0.4) is 0 Å². The maximum Gasteiger partial charge on any atom is 0.264 e. The molecule has 0 aromatic heterocycles. The van der Waals surface area contributed by atoms with Gasteiger partial charge in [0.05, 0.1) is 17.7 Å². The lowest BCUT2D eigenvalue weighted by atomic mass is 10.0. The van der Waals surface area contributed by atoms with Crippen LogP contribution in [0.15, 0.2) is 114 Å². The summed E-state index contributed by atoms with van der Waals surface area (Å²) in [5.41, 5.74) is 1.79. The van der Waals surface area contributed by atoms with Crippen molar-refractivity contribution >= 4 is 39.1 Å². The minimum Gasteiger partial charge on any atom is -0.497 e. The Balaban J connectivity index is 1.81. The lowest BCUT2D eigenvalue weighted by molar-refractivity contribution is -0.140. The molecule has 0 saturated heterocycles. The van der Waals surface area contributed by atoms with E-state index in [4.69, 9.17) is 16.3 Å². The van der Waals surface area contributed by atoms with Gasteiger partial charge in [-0.05, 0) is 61.4 Å². The van der Waals surface area contributed by atoms with Gasteiger partial charge in [-0.1, -0.05) is 78.3 Å². The molecule has 0 fully saturated rings. The first-order chi connectivity index (χ1) is 21.1. The topological polar surface area (TPSA) is 96.0 Å². The van der Waals surface area contributed by atoms with E-state index in [1.807, 2.05) is 50.2 Å². The zero-order valence-corrected chi connectivity index (χ0v) is 26.5. The third kappa shape index (κ3) is 8.39. The van der Waals surface area contributed by atoms with Gasteiger partial charge in [0.15, 0.2) is 0 Å². The summed E-state index contributed by atoms with van der Waals surface area (Å²) in [6, 6.07) is 29.7. The smallest absolute Gasteiger partial charge is 0.264 e. The first-order valence-corrected chi connectivity index (χ1v) is 16.0. The predicted octanol–water partition coefficient (Wildman–Crippen LogP) is 5.71. The largest absolute Gasteiger partial charge is 0.497 e. The molecule has 4 aromatic rings. The number of nitrogens with zero attached hydrogens (tertiary/aromatic N) is 2. The van der Waals surface area contributed by atoms with E-state index in [-0.39, 0.29) is 35.5 Å². The van der Waals surface area contributed by atoms with Crippen molar-refractivity contribution in [1.29, 1.82) is 0 Å². The molecule has 0 spiro atoms. The van der Waals surface area contributed by atoms with Crippen molar-refractivity contribution in [2.24, 2.45) is 0 Å². The first-order valence-electron chi connectivity index (χ1n) is 14.2. The highest BCUT2D eigenvalue weighted by atomic mass is 35.5. The summed E-state index contributed by atoms with van der Waals surface area (Å²) in [5, 5.41) is 3.42. The number of nitrogens with one attached hydrogen (secondary N) is 1. The number of sulfonamides is 1. The van der Waals surface area contributed by atoms with E-state index in [1.165, 1.54) is 24.1 Å². The highest BCUT2D eigenvalue weighted by molar-refractivity contribution is 7.92. The molecule has 44 heavy (non-hydrogen) atoms. The van der Waals surface area contributed by atoms with Gasteiger partial charge in [0.25, 0.3) is 10.0 Å². The molecule has 1 N–H and O–H groups in total. The second-order valence-corrected chi connectivity index (χ2v) is 12.8. The number of carbonyl (C=O) groups excluding carboxylic acids is 2. The van der Waals surface area contributed by atoms with E-state index in [2.05, 4.69) is 5.32 Å². The summed E-state index contributed by atoms with van der Waals surface area (Å²) in [4.78, 5) is 29.6. The SMILES string of the molecule is COc1cccc(N(CC(=O)N(Cc2cccc(Cl)c2)[C@H](Cc2ccccc2)C(=O)NC(C)C)S(=O)(=O)c2ccccc2)c1. The molecule has 0 bridgehead atoms. The van der Waals surface area contributed by atoms with Gasteiger partial charge < -0.3 is 15.0 Å². The number of rotatable bonds is 13. The second kappa shape index (κ2) is 14.9. The van der Waals surface area contributed by atoms with Gasteiger partial charge in [0.1, 0.15) is 18.3 Å². The highest BCUT2D eigenvalue weighted by Crippen LogP contribution is 2.28. The van der Waals surface area contributed by atoms with Crippen molar-refractivity contribution in [3.05, 3.63) is 125 Å². The Bertz CT molecular complexity index is 1670. The quantitative estimate of drug-likeness (QED) is 0.204. The van der Waals surface area contributed by atoms with E-state index in [1.54, 1.807) is 60.7 Å². The van der Waals surface area contributed by atoms with Gasteiger partial charge in [-0.15, -0.1) is 0 Å². The molecule has 4 rings (SSSR count). The average molecular weight is 634 g/mol. The van der Waals surface area contributed by atoms with Crippen LogP contribution in [0.5, 0.6) is 5.75 Å². The van der Waals surface area contributed by atoms with Crippen LogP contribution < -0.4 is 14.4 Å². The van der Waals surface area contributed by atoms with Gasteiger partial charge >= 0.3 is 0 Å². The van der Waals surface area contributed by atoms with Crippen LogP contribution in [-0.2, 0) is 32.6 Å². The van der Waals surface area contributed by atoms with Gasteiger partial charge in [-0.25, -0.2) is 8.42 Å². The number of benzene rings is 4. The molecule has 1 atom stereocenters. The van der Waals surface area contributed by atoms with Crippen LogP contribution in [0.1, 0.15) is 25.0 Å². The summed E-state index contributed by atoms with van der Waals surface area (Å²) < 4.78 is 34.5. The van der Waals surface area contributed by atoms with Crippen molar-refractivity contribution in [1.82, 2.24) is 10.2 Å². The lowest BCUT2D eigenvalue weighted by Crippen LogP contribution is -2.54. The molecule has 0 unspecified atom stereocenters. The van der Waals surface area contributed by atoms with Crippen molar-refractivity contribution < 1.29 is 22.7 Å². The van der Waals surface area contributed by atoms with Crippen LogP contribution in [-0.4, -0.2) is 50.9 Å². The number of amides is 2. The van der Waals surface area contributed by atoms with Crippen LogP contribution in [0.4, 0.5) is 5.69 Å². The molecule has 10 heteroatoms. The number of halogens is 1. The normalized spacial score (nSPS) is 11.9. The highest BCUT2D eigenvalue weighted by Gasteiger charge is 2.35. The van der Waals surface area contributed by atoms with E-state index < -0.39 is 28.5 Å². The molecule has 0 aliphatic rings. The van der Waals surface area contributed by atoms with E-state index in [9.17, 15) is 18.0 Å². The fourth-order valence-electron chi connectivity index (χ4n) is 4.78. The molecular formula is C34H36ClN3O5S. The molecule has 4 aromatic carbocycles. The minimum atomic E-state index is -4.20. The molecule has 0 heterocycles. The van der Waals surface area contributed by atoms with Crippen LogP contribution in [0.25, 0.3) is 0 Å². The fraction of sp³-hybridized carbons (Fsp3) is 0.235. The average Bonchev–Trinajstić information content (AvgIpc) is 3.02. The van der Waals surface area contributed by atoms with Crippen LogP contribution in [0.2, 0.25) is 5.02 Å². The molecule has 0 saturated carbocycles. The number of hydrogen-bond acceptors (Lipinski definition) is 5. The Morgan fingerprint density at radius 1 is 0.841 bits per heavy atom. The maximum atomic E-state index is 14.4. The summed E-state index contributed by atoms with van der Waals surface area (Å²) in [5.74, 6) is -0.484. The van der Waals surface area contributed by atoms with Crippen molar-refractivity contribution in [2.45, 2.75) is 43.8 Å². The van der Waals surface area contributed by atoms with Crippen molar-refractivity contribution in [2.75, 3.05) is 18.0 Å². The minimum absolute atomic E-state index is 0.0235. The van der Waals surface area contributed by atoms with Gasteiger partial charge in [0.2, 0.25) is 11.8 Å². The molecule has 0 radical (unpaired) electrons. The van der Waals surface area contributed by atoms with Crippen molar-refractivity contribution in [3.63, 3.8) is 0 Å². The summed E-state index contributed by atoms with van der Waals surface area (Å²) in [7, 11) is -2.72. The molecule has 0 aliphatic heterocycles. The van der Waals surface area contributed by atoms with Crippen LogP contribution in [0, 0.1) is 0 Å². The number of anilines is 1. The predicted molar refractivity (Wildman–Crippen MR) is 173 cm³/mol. The summed E-state index contributed by atoms with van der Waals surface area (Å²) in [6.07, 6.45) is 0.219. The Labute approximate surface area is 264 Å². The zero-order valence-electron chi connectivity index (χ0n) is 24.9. The second-order valence-electron chi connectivity index (χ2n) is 10.5. The Morgan fingerprint density at radius 3 is 2.11 bits per heavy atom. The number of methoxy groups -OCH3 is 1. The molecule has 2 amide bonds. The van der Waals surface area contributed by atoms with E-state index >= 15 is 0 Å². The Hall–Kier alpha value is -4.34.